The average Bonchev–Trinajstić information content (AvgIpc) is 2.32. The third-order valence-corrected chi connectivity index (χ3v) is 2.20. The summed E-state index contributed by atoms with van der Waals surface area (Å²) in [5.74, 6) is -0.674. The Bertz CT molecular complexity index is 481. The summed E-state index contributed by atoms with van der Waals surface area (Å²) in [6, 6.07) is 5.30. The van der Waals surface area contributed by atoms with Crippen LogP contribution in [0.5, 0.6) is 0 Å². The van der Waals surface area contributed by atoms with E-state index in [2.05, 4.69) is 10.5 Å². The number of hydrogen-bond acceptors (Lipinski definition) is 4. The second-order valence-electron chi connectivity index (χ2n) is 3.59. The molecule has 0 unspecified atom stereocenters. The van der Waals surface area contributed by atoms with E-state index < -0.39 is 5.83 Å². The van der Waals surface area contributed by atoms with E-state index in [1.54, 1.807) is 12.1 Å². The van der Waals surface area contributed by atoms with Crippen molar-refractivity contribution < 1.29 is 9.18 Å². The maximum Gasteiger partial charge on any atom is 0.149 e. The maximum atomic E-state index is 13.1. The Hall–Kier alpha value is -2.17. The fourth-order valence-corrected chi connectivity index (χ4v) is 1.03. The van der Waals surface area contributed by atoms with Gasteiger partial charge in [-0.25, -0.2) is 4.39 Å². The van der Waals surface area contributed by atoms with Gasteiger partial charge in [-0.05, 0) is 31.5 Å². The number of anilines is 2. The minimum atomic E-state index is -0.674. The Labute approximate surface area is 99.0 Å². The summed E-state index contributed by atoms with van der Waals surface area (Å²) in [7, 11) is 0. The zero-order valence-corrected chi connectivity index (χ0v) is 9.70. The number of aldehydes is 1. The molecule has 0 amide bonds. The lowest BCUT2D eigenvalue weighted by Gasteiger charge is -2.03. The molecule has 90 valence electrons. The fraction of sp³-hybridized carbons (Fsp3) is 0.167. The molecule has 0 aliphatic heterocycles. The van der Waals surface area contributed by atoms with Crippen molar-refractivity contribution >= 4 is 23.9 Å². The SMILES string of the molecule is C/C(C=O)=C(F)/C=N\Nc1ccc(C)c(N)c1. The lowest BCUT2D eigenvalue weighted by molar-refractivity contribution is -0.104. The molecule has 0 atom stereocenters. The van der Waals surface area contributed by atoms with E-state index in [4.69, 9.17) is 5.73 Å². The van der Waals surface area contributed by atoms with Crippen molar-refractivity contribution in [2.75, 3.05) is 11.2 Å². The fourth-order valence-electron chi connectivity index (χ4n) is 1.03. The summed E-state index contributed by atoms with van der Waals surface area (Å²) >= 11 is 0. The molecule has 0 bridgehead atoms. The molecule has 0 fully saturated rings. The lowest BCUT2D eigenvalue weighted by atomic mass is 10.2. The van der Waals surface area contributed by atoms with Gasteiger partial charge < -0.3 is 5.73 Å². The lowest BCUT2D eigenvalue weighted by Crippen LogP contribution is -1.94. The van der Waals surface area contributed by atoms with Crippen molar-refractivity contribution in [3.8, 4) is 0 Å². The van der Waals surface area contributed by atoms with Crippen LogP contribution in [0.1, 0.15) is 12.5 Å². The number of aryl methyl sites for hydroxylation is 1. The number of nitrogens with one attached hydrogen (secondary N) is 1. The topological polar surface area (TPSA) is 67.5 Å². The molecule has 0 saturated heterocycles. The summed E-state index contributed by atoms with van der Waals surface area (Å²) in [6.07, 6.45) is 1.38. The number of benzene rings is 1. The first-order chi connectivity index (χ1) is 8.04. The molecule has 1 aromatic carbocycles. The molecule has 0 saturated carbocycles. The normalized spacial score (nSPS) is 12.4. The second-order valence-corrected chi connectivity index (χ2v) is 3.59. The number of carbonyl (C=O) groups excluding carboxylic acids is 1. The molecule has 0 spiro atoms. The Morgan fingerprint density at radius 3 is 2.82 bits per heavy atom. The van der Waals surface area contributed by atoms with E-state index in [1.807, 2.05) is 13.0 Å². The third-order valence-electron chi connectivity index (χ3n) is 2.20. The van der Waals surface area contributed by atoms with Crippen LogP contribution in [0, 0.1) is 6.92 Å². The van der Waals surface area contributed by atoms with Crippen LogP contribution in [-0.2, 0) is 4.79 Å². The van der Waals surface area contributed by atoms with Gasteiger partial charge in [0.05, 0.1) is 11.9 Å². The van der Waals surface area contributed by atoms with E-state index >= 15 is 0 Å². The number of hydrazone groups is 1. The van der Waals surface area contributed by atoms with Crippen molar-refractivity contribution in [1.29, 1.82) is 0 Å². The first-order valence-electron chi connectivity index (χ1n) is 5.01. The number of nitrogen functional groups attached to an aromatic ring is 1. The van der Waals surface area contributed by atoms with E-state index in [0.717, 1.165) is 11.8 Å². The first-order valence-corrected chi connectivity index (χ1v) is 5.01. The summed E-state index contributed by atoms with van der Waals surface area (Å²) in [6.45, 7) is 3.26. The van der Waals surface area contributed by atoms with Crippen LogP contribution in [0.15, 0.2) is 34.7 Å². The number of halogens is 1. The summed E-state index contributed by atoms with van der Waals surface area (Å²) < 4.78 is 13.1. The molecule has 5 heteroatoms. The van der Waals surface area contributed by atoms with Crippen LogP contribution >= 0.6 is 0 Å². The smallest absolute Gasteiger partial charge is 0.149 e. The zero-order valence-electron chi connectivity index (χ0n) is 9.70. The van der Waals surface area contributed by atoms with Gasteiger partial charge in [0.25, 0.3) is 0 Å². The highest BCUT2D eigenvalue weighted by Crippen LogP contribution is 2.16. The van der Waals surface area contributed by atoms with Crippen LogP contribution in [0.2, 0.25) is 0 Å². The van der Waals surface area contributed by atoms with Crippen LogP contribution in [0.4, 0.5) is 15.8 Å². The van der Waals surface area contributed by atoms with Crippen molar-refractivity contribution in [3.63, 3.8) is 0 Å². The van der Waals surface area contributed by atoms with Gasteiger partial charge in [-0.3, -0.25) is 10.2 Å². The van der Waals surface area contributed by atoms with Gasteiger partial charge in [-0.2, -0.15) is 5.10 Å². The third kappa shape index (κ3) is 3.71. The molecule has 0 heterocycles. The zero-order chi connectivity index (χ0) is 12.8. The Balaban J connectivity index is 2.71. The highest BCUT2D eigenvalue weighted by Gasteiger charge is 1.97. The minimum absolute atomic E-state index is 0.000954. The predicted octanol–water partition coefficient (Wildman–Crippen LogP) is 2.42. The Morgan fingerprint density at radius 2 is 2.24 bits per heavy atom. The Morgan fingerprint density at radius 1 is 1.53 bits per heavy atom. The monoisotopic (exact) mass is 235 g/mol. The molecule has 3 N–H and O–H groups in total. The summed E-state index contributed by atoms with van der Waals surface area (Å²) in [4.78, 5) is 10.3. The number of nitrogens with two attached hydrogens (primary N) is 1. The standard InChI is InChI=1S/C12H14FN3O/c1-8-3-4-10(5-12(8)14)16-15-6-11(13)9(2)7-17/h3-7,16H,14H2,1-2H3/b11-9+,15-6-. The van der Waals surface area contributed by atoms with Crippen molar-refractivity contribution in [3.05, 3.63) is 35.2 Å². The van der Waals surface area contributed by atoms with E-state index in [1.165, 1.54) is 6.92 Å². The molecule has 0 aromatic heterocycles. The largest absolute Gasteiger partial charge is 0.398 e. The van der Waals surface area contributed by atoms with Gasteiger partial charge in [0.1, 0.15) is 12.1 Å². The molecular weight excluding hydrogens is 221 g/mol. The van der Waals surface area contributed by atoms with E-state index in [9.17, 15) is 9.18 Å². The highest BCUT2D eigenvalue weighted by atomic mass is 19.1. The number of allylic oxidation sites excluding steroid dienone is 2. The minimum Gasteiger partial charge on any atom is -0.398 e. The Kier molecular flexibility index (Phi) is 4.39. The van der Waals surface area contributed by atoms with Gasteiger partial charge >= 0.3 is 0 Å². The molecule has 17 heavy (non-hydrogen) atoms. The van der Waals surface area contributed by atoms with Crippen molar-refractivity contribution in [1.82, 2.24) is 0 Å². The maximum absolute atomic E-state index is 13.1. The quantitative estimate of drug-likeness (QED) is 0.277. The highest BCUT2D eigenvalue weighted by molar-refractivity contribution is 5.86. The number of hydrogen-bond donors (Lipinski definition) is 2. The molecule has 1 rings (SSSR count). The van der Waals surface area contributed by atoms with E-state index in [-0.39, 0.29) is 5.57 Å². The number of carbonyl (C=O) groups is 1. The number of nitrogens with zero attached hydrogens (tertiary/aromatic N) is 1. The van der Waals surface area contributed by atoms with Crippen LogP contribution in [0.25, 0.3) is 0 Å². The van der Waals surface area contributed by atoms with Crippen LogP contribution in [0.3, 0.4) is 0 Å². The summed E-state index contributed by atoms with van der Waals surface area (Å²) in [5.41, 5.74) is 10.6. The van der Waals surface area contributed by atoms with Crippen LogP contribution < -0.4 is 11.2 Å². The number of rotatable bonds is 4. The van der Waals surface area contributed by atoms with Gasteiger partial charge in [-0.1, -0.05) is 6.07 Å². The second kappa shape index (κ2) is 5.79. The molecule has 0 aliphatic rings. The molecule has 0 radical (unpaired) electrons. The summed E-state index contributed by atoms with van der Waals surface area (Å²) in [5, 5.41) is 3.66. The predicted molar refractivity (Wildman–Crippen MR) is 67.6 cm³/mol. The molecular formula is C12H14FN3O. The van der Waals surface area contributed by atoms with Gasteiger partial charge in [0.15, 0.2) is 0 Å². The van der Waals surface area contributed by atoms with E-state index in [0.29, 0.717) is 17.7 Å². The first kappa shape index (κ1) is 12.9. The van der Waals surface area contributed by atoms with Crippen LogP contribution in [-0.4, -0.2) is 12.5 Å². The molecule has 1 aromatic rings. The van der Waals surface area contributed by atoms with Crippen molar-refractivity contribution in [2.45, 2.75) is 13.8 Å². The van der Waals surface area contributed by atoms with Gasteiger partial charge in [0.2, 0.25) is 0 Å². The van der Waals surface area contributed by atoms with Crippen molar-refractivity contribution in [2.24, 2.45) is 5.10 Å². The molecule has 4 nitrogen and oxygen atoms in total. The molecule has 0 aliphatic carbocycles. The average molecular weight is 235 g/mol. The van der Waals surface area contributed by atoms with Gasteiger partial charge in [0, 0.05) is 11.3 Å². The van der Waals surface area contributed by atoms with Gasteiger partial charge in [-0.15, -0.1) is 0 Å².